The zero-order valence-corrected chi connectivity index (χ0v) is 19.8. The lowest BCUT2D eigenvalue weighted by Crippen LogP contribution is -2.46. The third kappa shape index (κ3) is 3.97. The highest BCUT2D eigenvalue weighted by molar-refractivity contribution is 6.31. The van der Waals surface area contributed by atoms with Gasteiger partial charge in [-0.1, -0.05) is 83.0 Å². The van der Waals surface area contributed by atoms with Gasteiger partial charge >= 0.3 is 6.03 Å². The molecule has 4 aromatic rings. The van der Waals surface area contributed by atoms with E-state index in [-0.39, 0.29) is 6.03 Å². The number of halogens is 1. The number of anilines is 1. The van der Waals surface area contributed by atoms with Crippen LogP contribution in [0.3, 0.4) is 0 Å². The molecule has 1 atom stereocenters. The molecule has 34 heavy (non-hydrogen) atoms. The van der Waals surface area contributed by atoms with Crippen LogP contribution in [0.15, 0.2) is 83.0 Å². The van der Waals surface area contributed by atoms with E-state index in [2.05, 4.69) is 10.5 Å². The average Bonchev–Trinajstić information content (AvgIpc) is 3.32. The number of amides is 2. The number of nitrogens with zero attached hydrogens (tertiary/aromatic N) is 3. The van der Waals surface area contributed by atoms with E-state index in [4.69, 9.17) is 21.1 Å². The van der Waals surface area contributed by atoms with Crippen molar-refractivity contribution in [3.8, 4) is 11.4 Å². The van der Waals surface area contributed by atoms with Crippen LogP contribution >= 0.6 is 11.6 Å². The van der Waals surface area contributed by atoms with Crippen molar-refractivity contribution in [3.05, 3.63) is 106 Å². The number of carbonyl (C=O) groups excluding carboxylic acids is 1. The topological polar surface area (TPSA) is 71.3 Å². The smallest absolute Gasteiger partial charge is 0.326 e. The highest BCUT2D eigenvalue weighted by Gasteiger charge is 2.36. The number of benzene rings is 3. The fourth-order valence-electron chi connectivity index (χ4n) is 4.10. The van der Waals surface area contributed by atoms with Gasteiger partial charge in [0.2, 0.25) is 5.82 Å². The lowest BCUT2D eigenvalue weighted by molar-refractivity contribution is 0.244. The van der Waals surface area contributed by atoms with Crippen molar-refractivity contribution in [2.24, 2.45) is 0 Å². The fourth-order valence-corrected chi connectivity index (χ4v) is 4.27. The van der Waals surface area contributed by atoms with Crippen molar-refractivity contribution in [2.75, 3.05) is 4.90 Å². The van der Waals surface area contributed by atoms with E-state index in [0.717, 1.165) is 27.8 Å². The van der Waals surface area contributed by atoms with Gasteiger partial charge in [0.15, 0.2) is 0 Å². The number of nitrogens with one attached hydrogen (secondary N) is 1. The molecule has 1 N–H and O–H groups in total. The van der Waals surface area contributed by atoms with Crippen LogP contribution in [-0.2, 0) is 0 Å². The van der Waals surface area contributed by atoms with E-state index in [0.29, 0.717) is 28.1 Å². The first kappa shape index (κ1) is 21.9. The second kappa shape index (κ2) is 8.80. The Bertz CT molecular complexity index is 1390. The minimum atomic E-state index is -0.450. The van der Waals surface area contributed by atoms with Crippen LogP contribution in [0, 0.1) is 13.8 Å². The monoisotopic (exact) mass is 470 g/mol. The lowest BCUT2D eigenvalue weighted by atomic mass is 9.94. The van der Waals surface area contributed by atoms with Gasteiger partial charge < -0.3 is 9.84 Å². The molecule has 1 aliphatic heterocycles. The van der Waals surface area contributed by atoms with E-state index in [9.17, 15) is 4.79 Å². The Morgan fingerprint density at radius 2 is 1.71 bits per heavy atom. The predicted octanol–water partition coefficient (Wildman–Crippen LogP) is 6.71. The molecule has 2 amide bonds. The third-order valence-electron chi connectivity index (χ3n) is 6.00. The first-order valence-corrected chi connectivity index (χ1v) is 11.3. The molecule has 6 nitrogen and oxygen atoms in total. The van der Waals surface area contributed by atoms with E-state index < -0.39 is 6.04 Å². The fraction of sp³-hybridized carbons (Fsp3) is 0.148. The minimum absolute atomic E-state index is 0.255. The number of allylic oxidation sites excluding steroid dienone is 1. The quantitative estimate of drug-likeness (QED) is 0.360. The highest BCUT2D eigenvalue weighted by Crippen LogP contribution is 2.39. The molecular formula is C27H23ClN4O2. The normalized spacial score (nSPS) is 16.1. The van der Waals surface area contributed by atoms with Crippen LogP contribution < -0.4 is 10.2 Å². The highest BCUT2D eigenvalue weighted by atomic mass is 35.5. The summed E-state index contributed by atoms with van der Waals surface area (Å²) in [6, 6.07) is 22.5. The summed E-state index contributed by atoms with van der Waals surface area (Å²) in [6.07, 6.45) is 0. The minimum Gasteiger partial charge on any atom is -0.334 e. The van der Waals surface area contributed by atoms with Crippen LogP contribution in [0.25, 0.3) is 17.0 Å². The summed E-state index contributed by atoms with van der Waals surface area (Å²) in [5.41, 5.74) is 5.93. The Balaban J connectivity index is 1.66. The zero-order valence-electron chi connectivity index (χ0n) is 19.0. The van der Waals surface area contributed by atoms with Crippen molar-refractivity contribution in [1.29, 1.82) is 0 Å². The Morgan fingerprint density at radius 1 is 0.971 bits per heavy atom. The first-order chi connectivity index (χ1) is 16.4. The van der Waals surface area contributed by atoms with Crippen LogP contribution in [-0.4, -0.2) is 16.2 Å². The van der Waals surface area contributed by atoms with Gasteiger partial charge in [0.1, 0.15) is 0 Å². The second-order valence-corrected chi connectivity index (χ2v) is 8.76. The molecule has 0 aliphatic carbocycles. The Labute approximate surface area is 202 Å². The van der Waals surface area contributed by atoms with Crippen molar-refractivity contribution < 1.29 is 9.32 Å². The van der Waals surface area contributed by atoms with Gasteiger partial charge in [-0.25, -0.2) is 4.79 Å². The van der Waals surface area contributed by atoms with E-state index in [1.807, 2.05) is 87.5 Å². The summed E-state index contributed by atoms with van der Waals surface area (Å²) in [6.45, 7) is 5.83. The van der Waals surface area contributed by atoms with Crippen LogP contribution in [0.4, 0.5) is 10.5 Å². The molecule has 0 radical (unpaired) electrons. The molecule has 0 saturated heterocycles. The number of urea groups is 1. The van der Waals surface area contributed by atoms with Gasteiger partial charge in [0.25, 0.3) is 5.89 Å². The maximum atomic E-state index is 13.3. The van der Waals surface area contributed by atoms with Crippen molar-refractivity contribution in [2.45, 2.75) is 26.8 Å². The van der Waals surface area contributed by atoms with Crippen LogP contribution in [0.1, 0.15) is 35.5 Å². The molecule has 2 heterocycles. The number of aryl methyl sites for hydroxylation is 2. The standard InChI is InChI=1S/C27H23ClN4O2/c1-16-9-12-19(13-10-16)24-23(26-30-25(31-34-26)20-7-5-4-6-8-20)18(3)32(27(33)29-24)21-14-11-17(2)22(28)15-21/h4-15,24H,1-3H3,(H,29,33). The number of hydrogen-bond donors (Lipinski definition) is 1. The molecule has 1 aliphatic rings. The van der Waals surface area contributed by atoms with Gasteiger partial charge in [0, 0.05) is 16.3 Å². The van der Waals surface area contributed by atoms with Gasteiger partial charge in [0.05, 0.1) is 17.3 Å². The van der Waals surface area contributed by atoms with Crippen molar-refractivity contribution >= 4 is 28.9 Å². The lowest BCUT2D eigenvalue weighted by Gasteiger charge is -2.35. The molecule has 5 rings (SSSR count). The SMILES string of the molecule is CC1=C(c2nc(-c3ccccc3)no2)C(c2ccc(C)cc2)NC(=O)N1c1ccc(C)c(Cl)c1. The first-order valence-electron chi connectivity index (χ1n) is 11.0. The van der Waals surface area contributed by atoms with Gasteiger partial charge in [-0.15, -0.1) is 0 Å². The van der Waals surface area contributed by atoms with Gasteiger partial charge in [-0.3, -0.25) is 4.90 Å². The zero-order chi connectivity index (χ0) is 23.8. The summed E-state index contributed by atoms with van der Waals surface area (Å²) < 4.78 is 5.74. The molecule has 170 valence electrons. The van der Waals surface area contributed by atoms with Crippen LogP contribution in [0.5, 0.6) is 0 Å². The molecule has 1 aromatic heterocycles. The van der Waals surface area contributed by atoms with E-state index in [1.54, 1.807) is 11.0 Å². The average molecular weight is 471 g/mol. The maximum Gasteiger partial charge on any atom is 0.326 e. The Kier molecular flexibility index (Phi) is 5.67. The molecule has 0 fully saturated rings. The third-order valence-corrected chi connectivity index (χ3v) is 6.40. The van der Waals surface area contributed by atoms with Gasteiger partial charge in [-0.2, -0.15) is 4.98 Å². The van der Waals surface area contributed by atoms with Crippen molar-refractivity contribution in [1.82, 2.24) is 15.5 Å². The van der Waals surface area contributed by atoms with Gasteiger partial charge in [-0.05, 0) is 44.0 Å². The van der Waals surface area contributed by atoms with E-state index in [1.165, 1.54) is 0 Å². The summed E-state index contributed by atoms with van der Waals surface area (Å²) in [7, 11) is 0. The number of hydrogen-bond acceptors (Lipinski definition) is 4. The number of carbonyl (C=O) groups is 1. The summed E-state index contributed by atoms with van der Waals surface area (Å²) in [5, 5.41) is 7.92. The van der Waals surface area contributed by atoms with E-state index >= 15 is 0 Å². The number of aromatic nitrogens is 2. The summed E-state index contributed by atoms with van der Waals surface area (Å²) >= 11 is 6.38. The maximum absolute atomic E-state index is 13.3. The molecule has 0 saturated carbocycles. The Morgan fingerprint density at radius 3 is 2.41 bits per heavy atom. The summed E-state index contributed by atoms with van der Waals surface area (Å²) in [5.74, 6) is 0.838. The summed E-state index contributed by atoms with van der Waals surface area (Å²) in [4.78, 5) is 19.6. The number of rotatable bonds is 4. The molecule has 3 aromatic carbocycles. The molecule has 0 spiro atoms. The largest absolute Gasteiger partial charge is 0.334 e. The van der Waals surface area contributed by atoms with Crippen molar-refractivity contribution in [3.63, 3.8) is 0 Å². The predicted molar refractivity (Wildman–Crippen MR) is 133 cm³/mol. The molecule has 1 unspecified atom stereocenters. The second-order valence-electron chi connectivity index (χ2n) is 8.35. The Hall–Kier alpha value is -3.90. The molecule has 0 bridgehead atoms. The molecular weight excluding hydrogens is 448 g/mol. The van der Waals surface area contributed by atoms with Crippen LogP contribution in [0.2, 0.25) is 5.02 Å². The molecule has 7 heteroatoms.